The highest BCUT2D eigenvalue weighted by Crippen LogP contribution is 2.41. The first-order valence-electron chi connectivity index (χ1n) is 8.28. The van der Waals surface area contributed by atoms with Crippen LogP contribution in [0.3, 0.4) is 0 Å². The monoisotopic (exact) mass is 302 g/mol. The number of piperidine rings is 1. The molecule has 1 amide bonds. The average Bonchev–Trinajstić information content (AvgIpc) is 2.87. The van der Waals surface area contributed by atoms with Gasteiger partial charge in [-0.15, -0.1) is 0 Å². The van der Waals surface area contributed by atoms with Crippen LogP contribution in [0.5, 0.6) is 0 Å². The second kappa shape index (κ2) is 4.56. The number of amides is 1. The summed E-state index contributed by atoms with van der Waals surface area (Å²) in [5.74, 6) is 1.47. The smallest absolute Gasteiger partial charge is 0.275 e. The van der Waals surface area contributed by atoms with Crippen LogP contribution in [0.15, 0.2) is 24.3 Å². The van der Waals surface area contributed by atoms with E-state index in [1.165, 1.54) is 25.9 Å². The minimum atomic E-state index is 0. The Kier molecular flexibility index (Phi) is 2.62. The number of fused-ring (bicyclic) bond motifs is 3. The Bertz CT molecular complexity index is 752. The Labute approximate surface area is 133 Å². The molecular formula is C17H26N4O. The molecule has 4 unspecified atom stereocenters. The third kappa shape index (κ3) is 1.69. The molecule has 6 rings (SSSR count). The number of rotatable bonds is 1. The molecular weight excluding hydrogens is 276 g/mol. The average molecular weight is 302 g/mol. The molecule has 1 N–H and O–H groups in total. The first-order chi connectivity index (χ1) is 10.8. The maximum Gasteiger partial charge on any atom is 0.275 e. The molecule has 2 aromatic rings. The zero-order chi connectivity index (χ0) is 14.7. The molecule has 120 valence electrons. The van der Waals surface area contributed by atoms with Crippen molar-refractivity contribution >= 4 is 16.8 Å². The van der Waals surface area contributed by atoms with Gasteiger partial charge in [0.05, 0.1) is 5.52 Å². The predicted octanol–water partition coefficient (Wildman–Crippen LogP) is 2.47. The molecule has 4 aliphatic rings. The van der Waals surface area contributed by atoms with E-state index in [-0.39, 0.29) is 10.2 Å². The van der Waals surface area contributed by atoms with Crippen molar-refractivity contribution in [2.75, 3.05) is 26.2 Å². The van der Waals surface area contributed by atoms with E-state index in [4.69, 9.17) is 0 Å². The van der Waals surface area contributed by atoms with Gasteiger partial charge in [-0.25, -0.2) is 0 Å². The van der Waals surface area contributed by atoms with Gasteiger partial charge in [-0.2, -0.15) is 5.10 Å². The number of hydrogen-bond donors (Lipinski definition) is 1. The summed E-state index contributed by atoms with van der Waals surface area (Å²) in [5.41, 5.74) is 1.53. The second-order valence-electron chi connectivity index (χ2n) is 6.97. The molecule has 4 aliphatic heterocycles. The van der Waals surface area contributed by atoms with E-state index >= 15 is 0 Å². The van der Waals surface area contributed by atoms with Crippen molar-refractivity contribution in [1.29, 1.82) is 0 Å². The lowest BCUT2D eigenvalue weighted by molar-refractivity contribution is 0.0684. The van der Waals surface area contributed by atoms with E-state index in [9.17, 15) is 4.79 Å². The number of carbonyl (C=O) groups is 1. The highest BCUT2D eigenvalue weighted by Gasteiger charge is 2.49. The topological polar surface area (TPSA) is 52.2 Å². The third-order valence-corrected chi connectivity index (χ3v) is 5.81. The quantitative estimate of drug-likeness (QED) is 0.880. The fourth-order valence-electron chi connectivity index (χ4n) is 4.82. The van der Waals surface area contributed by atoms with Crippen molar-refractivity contribution in [3.63, 3.8) is 0 Å². The Morgan fingerprint density at radius 1 is 1.27 bits per heavy atom. The van der Waals surface area contributed by atoms with Crippen molar-refractivity contribution in [3.05, 3.63) is 30.0 Å². The number of para-hydroxylation sites is 1. The molecule has 5 nitrogen and oxygen atoms in total. The number of benzene rings is 1. The van der Waals surface area contributed by atoms with E-state index in [2.05, 4.69) is 20.0 Å². The Morgan fingerprint density at radius 2 is 2.18 bits per heavy atom. The molecule has 4 bridgehead atoms. The van der Waals surface area contributed by atoms with Crippen molar-refractivity contribution in [3.8, 4) is 0 Å². The molecule has 0 radical (unpaired) electrons. The van der Waals surface area contributed by atoms with Gasteiger partial charge in [0.2, 0.25) is 0 Å². The van der Waals surface area contributed by atoms with Crippen molar-refractivity contribution < 1.29 is 9.07 Å². The number of nitrogens with one attached hydrogen (secondary N) is 1. The summed E-state index contributed by atoms with van der Waals surface area (Å²) in [6.07, 6.45) is 2.56. The van der Waals surface area contributed by atoms with Gasteiger partial charge in [0.1, 0.15) is 0 Å². The summed E-state index contributed by atoms with van der Waals surface area (Å²) >= 11 is 0. The number of likely N-dealkylation sites (tertiary alicyclic amines) is 1. The Hall–Kier alpha value is -1.88. The molecule has 0 spiro atoms. The SMILES string of the molecule is O=C(c1n[nH]c2ccccc12)N1CC2CN3CCCC2C1C3.[HH].[HH].[HH]. The molecule has 22 heavy (non-hydrogen) atoms. The lowest BCUT2D eigenvalue weighted by atomic mass is 9.85. The number of aromatic nitrogens is 2. The third-order valence-electron chi connectivity index (χ3n) is 5.81. The maximum atomic E-state index is 13.1. The van der Waals surface area contributed by atoms with Crippen LogP contribution in [0.2, 0.25) is 0 Å². The van der Waals surface area contributed by atoms with Crippen molar-refractivity contribution in [2.45, 2.75) is 18.9 Å². The molecule has 1 aromatic heterocycles. The Balaban J connectivity index is 0.000000751. The van der Waals surface area contributed by atoms with E-state index in [1.54, 1.807) is 0 Å². The Morgan fingerprint density at radius 3 is 3.14 bits per heavy atom. The van der Waals surface area contributed by atoms with Gasteiger partial charge in [-0.1, -0.05) is 18.2 Å². The van der Waals surface area contributed by atoms with Crippen LogP contribution in [-0.2, 0) is 0 Å². The fraction of sp³-hybridized carbons (Fsp3) is 0.529. The fourth-order valence-corrected chi connectivity index (χ4v) is 4.82. The summed E-state index contributed by atoms with van der Waals surface area (Å²) in [6, 6.07) is 8.28. The zero-order valence-corrected chi connectivity index (χ0v) is 12.5. The first-order valence-corrected chi connectivity index (χ1v) is 8.28. The van der Waals surface area contributed by atoms with Gasteiger partial charge in [-0.05, 0) is 37.3 Å². The van der Waals surface area contributed by atoms with Crippen LogP contribution in [0.25, 0.3) is 10.9 Å². The number of H-pyrrole nitrogens is 1. The van der Waals surface area contributed by atoms with Gasteiger partial charge in [-0.3, -0.25) is 9.89 Å². The largest absolute Gasteiger partial charge is 0.332 e. The molecule has 4 atom stereocenters. The molecule has 5 heterocycles. The van der Waals surface area contributed by atoms with E-state index in [1.807, 2.05) is 24.3 Å². The summed E-state index contributed by atoms with van der Waals surface area (Å²) in [6.45, 7) is 4.34. The highest BCUT2D eigenvalue weighted by atomic mass is 16.2. The minimum absolute atomic E-state index is 0. The lowest BCUT2D eigenvalue weighted by Crippen LogP contribution is -2.46. The van der Waals surface area contributed by atoms with Crippen LogP contribution in [0, 0.1) is 11.8 Å². The van der Waals surface area contributed by atoms with E-state index in [0.29, 0.717) is 23.6 Å². The lowest BCUT2D eigenvalue weighted by Gasteiger charge is -2.34. The van der Waals surface area contributed by atoms with Gasteiger partial charge in [0, 0.05) is 35.3 Å². The molecule has 5 heteroatoms. The maximum absolute atomic E-state index is 13.1. The molecule has 4 saturated heterocycles. The molecule has 1 aromatic carbocycles. The summed E-state index contributed by atoms with van der Waals surface area (Å²) in [4.78, 5) is 17.7. The normalized spacial score (nSPS) is 33.4. The van der Waals surface area contributed by atoms with Gasteiger partial charge >= 0.3 is 0 Å². The van der Waals surface area contributed by atoms with Crippen LogP contribution in [-0.4, -0.2) is 58.1 Å². The summed E-state index contributed by atoms with van der Waals surface area (Å²) in [7, 11) is 0. The van der Waals surface area contributed by atoms with Crippen LogP contribution < -0.4 is 0 Å². The second-order valence-corrected chi connectivity index (χ2v) is 6.97. The van der Waals surface area contributed by atoms with Gasteiger partial charge in [0.15, 0.2) is 5.69 Å². The van der Waals surface area contributed by atoms with Crippen LogP contribution in [0.4, 0.5) is 0 Å². The van der Waals surface area contributed by atoms with Crippen molar-refractivity contribution in [2.24, 2.45) is 11.8 Å². The predicted molar refractivity (Wildman–Crippen MR) is 89.9 cm³/mol. The standard InChI is InChI=1S/C17H20N4O.3H2/c22-17(16-13-4-1-2-6-14(13)18-19-16)21-9-11-8-20-7-3-5-12(11)15(21)10-20;;;/h1-2,4,6,11-12,15H,3,5,7-10H2,(H,18,19);3*1H. The minimum Gasteiger partial charge on any atom is -0.332 e. The first kappa shape index (κ1) is 12.6. The van der Waals surface area contributed by atoms with E-state index < -0.39 is 0 Å². The molecule has 0 saturated carbocycles. The number of nitrogens with zero attached hydrogens (tertiary/aromatic N) is 3. The van der Waals surface area contributed by atoms with Gasteiger partial charge < -0.3 is 9.80 Å². The van der Waals surface area contributed by atoms with E-state index in [0.717, 1.165) is 24.0 Å². The molecule has 4 fully saturated rings. The summed E-state index contributed by atoms with van der Waals surface area (Å²) < 4.78 is 0. The number of carbonyl (C=O) groups excluding carboxylic acids is 1. The number of aromatic amines is 1. The van der Waals surface area contributed by atoms with Crippen molar-refractivity contribution in [1.82, 2.24) is 20.0 Å². The molecule has 0 aliphatic carbocycles. The van der Waals surface area contributed by atoms with Gasteiger partial charge in [0.25, 0.3) is 5.91 Å². The number of hydrogen-bond acceptors (Lipinski definition) is 3. The zero-order valence-electron chi connectivity index (χ0n) is 12.5. The summed E-state index contributed by atoms with van der Waals surface area (Å²) in [5, 5.41) is 8.24. The van der Waals surface area contributed by atoms with Crippen LogP contribution >= 0.6 is 0 Å². The van der Waals surface area contributed by atoms with Crippen LogP contribution in [0.1, 0.15) is 27.6 Å². The highest BCUT2D eigenvalue weighted by molar-refractivity contribution is 6.04.